The Balaban J connectivity index is 3.57. The van der Waals surface area contributed by atoms with Gasteiger partial charge in [0.05, 0.1) is 7.11 Å². The molecular weight excluding hydrogens is 526 g/mol. The number of unbranched alkanes of at least 4 members (excludes halogenated alkanes) is 5. The number of phenols is 1. The van der Waals surface area contributed by atoms with E-state index in [1.807, 2.05) is 13.8 Å². The number of esters is 1. The number of alkyl carbamates (subject to hydrolysis) is 1. The highest BCUT2D eigenvalue weighted by Gasteiger charge is 2.39. The van der Waals surface area contributed by atoms with Gasteiger partial charge in [0.1, 0.15) is 30.0 Å². The van der Waals surface area contributed by atoms with Gasteiger partial charge in [-0.05, 0) is 45.6 Å². The molecule has 0 aromatic heterocycles. The highest BCUT2D eigenvalue weighted by atomic mass is 16.6. The van der Waals surface area contributed by atoms with Gasteiger partial charge in [0, 0.05) is 12.1 Å². The summed E-state index contributed by atoms with van der Waals surface area (Å²) >= 11 is 0. The predicted octanol–water partition coefficient (Wildman–Crippen LogP) is 5.16. The zero-order chi connectivity index (χ0) is 31.2. The topological polar surface area (TPSA) is 134 Å². The maximum absolute atomic E-state index is 14.3. The number of carbonyl (C=O) groups excluding carboxylic acids is 4. The highest BCUT2D eigenvalue weighted by molar-refractivity contribution is 5.93. The predicted molar refractivity (Wildman–Crippen MR) is 158 cm³/mol. The van der Waals surface area contributed by atoms with E-state index >= 15 is 0 Å². The van der Waals surface area contributed by atoms with E-state index in [4.69, 9.17) is 4.74 Å². The third-order valence-corrected chi connectivity index (χ3v) is 6.95. The lowest BCUT2D eigenvalue weighted by molar-refractivity contribution is -0.145. The van der Waals surface area contributed by atoms with Crippen LogP contribution >= 0.6 is 0 Å². The third-order valence-electron chi connectivity index (χ3n) is 6.95. The van der Waals surface area contributed by atoms with Crippen molar-refractivity contribution in [3.8, 4) is 5.75 Å². The number of ether oxygens (including phenoxy) is 2. The quantitative estimate of drug-likeness (QED) is 0.182. The van der Waals surface area contributed by atoms with E-state index in [1.165, 1.54) is 12.0 Å². The maximum atomic E-state index is 14.3. The largest absolute Gasteiger partial charge is 0.507 e. The fourth-order valence-electron chi connectivity index (χ4n) is 4.41. The summed E-state index contributed by atoms with van der Waals surface area (Å²) in [5, 5.41) is 16.3. The molecule has 3 N–H and O–H groups in total. The Hall–Kier alpha value is -3.30. The molecular formula is C31H51N3O7. The van der Waals surface area contributed by atoms with Gasteiger partial charge in [0.2, 0.25) is 11.8 Å². The minimum Gasteiger partial charge on any atom is -0.507 e. The van der Waals surface area contributed by atoms with Crippen LogP contribution in [0.4, 0.5) is 4.79 Å². The van der Waals surface area contributed by atoms with Crippen LogP contribution in [0.3, 0.4) is 0 Å². The van der Waals surface area contributed by atoms with Crippen molar-refractivity contribution in [2.75, 3.05) is 20.2 Å². The number of aromatic hydroxyl groups is 1. The van der Waals surface area contributed by atoms with Gasteiger partial charge in [-0.3, -0.25) is 14.4 Å². The number of nitrogens with one attached hydrogen (secondary N) is 2. The summed E-state index contributed by atoms with van der Waals surface area (Å²) in [5.74, 6) is -2.17. The third kappa shape index (κ3) is 12.0. The van der Waals surface area contributed by atoms with Crippen molar-refractivity contribution >= 4 is 23.9 Å². The smallest absolute Gasteiger partial charge is 0.408 e. The van der Waals surface area contributed by atoms with Crippen LogP contribution in [-0.2, 0) is 23.9 Å². The maximum Gasteiger partial charge on any atom is 0.408 e. The number of benzene rings is 1. The molecule has 3 unspecified atom stereocenters. The lowest BCUT2D eigenvalue weighted by Crippen LogP contribution is -2.55. The monoisotopic (exact) mass is 577 g/mol. The molecule has 0 aliphatic heterocycles. The average Bonchev–Trinajstić information content (AvgIpc) is 2.91. The van der Waals surface area contributed by atoms with Crippen LogP contribution in [0.5, 0.6) is 5.75 Å². The Bertz CT molecular complexity index is 1010. The summed E-state index contributed by atoms with van der Waals surface area (Å²) in [4.78, 5) is 54.0. The second-order valence-corrected chi connectivity index (χ2v) is 11.5. The van der Waals surface area contributed by atoms with Crippen LogP contribution in [0.2, 0.25) is 0 Å². The van der Waals surface area contributed by atoms with Gasteiger partial charge >= 0.3 is 12.1 Å². The lowest BCUT2D eigenvalue weighted by atomic mass is 9.94. The summed E-state index contributed by atoms with van der Waals surface area (Å²) in [6.45, 7) is 12.6. The summed E-state index contributed by atoms with van der Waals surface area (Å²) in [6.07, 6.45) is 5.57. The SMILES string of the molecule is CCCCCCCCN(C(=O)C(NC(=O)OC(C)(C)C)C(C)CC)C(C(=O)NCC(=O)OC)c1cccc(C)c1O. The first-order valence-electron chi connectivity index (χ1n) is 14.7. The zero-order valence-electron chi connectivity index (χ0n) is 26.2. The number of nitrogens with zero attached hydrogens (tertiary/aromatic N) is 1. The minimum absolute atomic E-state index is 0.119. The molecule has 10 heteroatoms. The van der Waals surface area contributed by atoms with E-state index in [0.717, 1.165) is 32.1 Å². The molecule has 0 bridgehead atoms. The second-order valence-electron chi connectivity index (χ2n) is 11.5. The molecule has 0 aliphatic rings. The minimum atomic E-state index is -1.25. The molecule has 0 saturated heterocycles. The van der Waals surface area contributed by atoms with E-state index in [2.05, 4.69) is 22.3 Å². The Morgan fingerprint density at radius 2 is 1.66 bits per heavy atom. The number of aryl methyl sites for hydroxylation is 1. The molecule has 10 nitrogen and oxygen atoms in total. The summed E-state index contributed by atoms with van der Waals surface area (Å²) in [6, 6.07) is 2.75. The van der Waals surface area contributed by atoms with Gasteiger partial charge in [-0.2, -0.15) is 0 Å². The van der Waals surface area contributed by atoms with Crippen molar-refractivity contribution in [2.24, 2.45) is 5.92 Å². The van der Waals surface area contributed by atoms with Gasteiger partial charge in [0.25, 0.3) is 0 Å². The van der Waals surface area contributed by atoms with Gasteiger partial charge in [-0.25, -0.2) is 4.79 Å². The van der Waals surface area contributed by atoms with Crippen LogP contribution in [0, 0.1) is 12.8 Å². The summed E-state index contributed by atoms with van der Waals surface area (Å²) in [7, 11) is 1.21. The number of amides is 3. The molecule has 3 atom stereocenters. The van der Waals surface area contributed by atoms with Crippen molar-refractivity contribution in [3.05, 3.63) is 29.3 Å². The summed E-state index contributed by atoms with van der Waals surface area (Å²) in [5.41, 5.74) is -0.00734. The number of methoxy groups -OCH3 is 1. The highest BCUT2D eigenvalue weighted by Crippen LogP contribution is 2.33. The zero-order valence-corrected chi connectivity index (χ0v) is 26.2. The lowest BCUT2D eigenvalue weighted by Gasteiger charge is -2.36. The number of carbonyl (C=O) groups is 4. The molecule has 0 radical (unpaired) electrons. The number of phenolic OH excluding ortho intramolecular Hbond substituents is 1. The van der Waals surface area contributed by atoms with Crippen LogP contribution < -0.4 is 10.6 Å². The normalized spacial score (nSPS) is 13.5. The first kappa shape index (κ1) is 35.7. The first-order valence-corrected chi connectivity index (χ1v) is 14.7. The molecule has 0 aliphatic carbocycles. The van der Waals surface area contributed by atoms with Crippen LogP contribution in [0.15, 0.2) is 18.2 Å². The molecule has 1 aromatic carbocycles. The van der Waals surface area contributed by atoms with Crippen molar-refractivity contribution in [1.82, 2.24) is 15.5 Å². The summed E-state index contributed by atoms with van der Waals surface area (Å²) < 4.78 is 10.1. The van der Waals surface area contributed by atoms with Crippen LogP contribution in [0.25, 0.3) is 0 Å². The Morgan fingerprint density at radius 3 is 2.24 bits per heavy atom. The van der Waals surface area contributed by atoms with E-state index < -0.39 is 48.1 Å². The van der Waals surface area contributed by atoms with Gasteiger partial charge in [-0.1, -0.05) is 77.5 Å². The fourth-order valence-corrected chi connectivity index (χ4v) is 4.41. The van der Waals surface area contributed by atoms with Crippen molar-refractivity contribution in [2.45, 2.75) is 111 Å². The molecule has 3 amide bonds. The number of hydrogen-bond donors (Lipinski definition) is 3. The van der Waals surface area contributed by atoms with E-state index in [1.54, 1.807) is 45.9 Å². The number of rotatable bonds is 16. The van der Waals surface area contributed by atoms with Crippen LogP contribution in [0.1, 0.15) is 104 Å². The van der Waals surface area contributed by atoms with E-state index in [0.29, 0.717) is 18.4 Å². The van der Waals surface area contributed by atoms with Crippen molar-refractivity contribution < 1.29 is 33.8 Å². The Morgan fingerprint density at radius 1 is 1.02 bits per heavy atom. The first-order chi connectivity index (χ1) is 19.3. The van der Waals surface area contributed by atoms with Gasteiger partial charge < -0.3 is 30.1 Å². The standard InChI is InChI=1S/C31H51N3O7/c1-9-11-12-13-14-15-19-34(29(38)25(21(3)10-2)33-30(39)41-31(5,6)7)26(28(37)32-20-24(35)40-8)23-18-16-17-22(4)27(23)36/h16-18,21,25-26,36H,9-15,19-20H2,1-8H3,(H,32,37)(H,33,39). The van der Waals surface area contributed by atoms with Gasteiger partial charge in [-0.15, -0.1) is 0 Å². The molecule has 0 saturated carbocycles. The molecule has 0 heterocycles. The molecule has 41 heavy (non-hydrogen) atoms. The molecule has 232 valence electrons. The number of hydrogen-bond acceptors (Lipinski definition) is 7. The molecule has 1 rings (SSSR count). The Labute approximate surface area is 245 Å². The molecule has 0 fully saturated rings. The van der Waals surface area contributed by atoms with Crippen molar-refractivity contribution in [3.63, 3.8) is 0 Å². The Kier molecular flexibility index (Phi) is 15.2. The fraction of sp³-hybridized carbons (Fsp3) is 0.677. The van der Waals surface area contributed by atoms with E-state index in [-0.39, 0.29) is 23.8 Å². The molecule has 0 spiro atoms. The second kappa shape index (κ2) is 17.5. The van der Waals surface area contributed by atoms with Gasteiger partial charge in [0.15, 0.2) is 0 Å². The van der Waals surface area contributed by atoms with Crippen LogP contribution in [-0.4, -0.2) is 65.7 Å². The van der Waals surface area contributed by atoms with E-state index in [9.17, 15) is 24.3 Å². The number of para-hydroxylation sites is 1. The van der Waals surface area contributed by atoms with Crippen molar-refractivity contribution in [1.29, 1.82) is 0 Å². The molecule has 1 aromatic rings. The average molecular weight is 578 g/mol.